The Bertz CT molecular complexity index is 1490. The summed E-state index contributed by atoms with van der Waals surface area (Å²) in [6.07, 6.45) is 3.59. The van der Waals surface area contributed by atoms with Gasteiger partial charge in [0.2, 0.25) is 11.8 Å². The van der Waals surface area contributed by atoms with Crippen molar-refractivity contribution in [3.8, 4) is 11.3 Å². The zero-order valence-electron chi connectivity index (χ0n) is 19.9. The molecule has 1 fully saturated rings. The van der Waals surface area contributed by atoms with Gasteiger partial charge in [0.1, 0.15) is 5.82 Å². The highest BCUT2D eigenvalue weighted by molar-refractivity contribution is 9.10. The number of nitrogens with one attached hydrogen (secondary N) is 1. The lowest BCUT2D eigenvalue weighted by atomic mass is 10.0. The Labute approximate surface area is 231 Å². The quantitative estimate of drug-likeness (QED) is 0.260. The average molecular weight is 625 g/mol. The van der Waals surface area contributed by atoms with Crippen molar-refractivity contribution in [3.63, 3.8) is 0 Å². The molecule has 0 aliphatic carbocycles. The van der Waals surface area contributed by atoms with Crippen LogP contribution in [0.1, 0.15) is 11.1 Å². The molecular weight excluding hydrogens is 601 g/mol. The van der Waals surface area contributed by atoms with E-state index in [0.717, 1.165) is 42.2 Å². The molecule has 5 rings (SSSR count). The Kier molecular flexibility index (Phi) is 7.58. The summed E-state index contributed by atoms with van der Waals surface area (Å²) < 4.78 is 15.4. The van der Waals surface area contributed by atoms with Crippen LogP contribution in [0.5, 0.6) is 0 Å². The van der Waals surface area contributed by atoms with Gasteiger partial charge in [-0.2, -0.15) is 0 Å². The number of piperazine rings is 1. The van der Waals surface area contributed by atoms with Crippen molar-refractivity contribution in [2.24, 2.45) is 0 Å². The number of nitrogens with zero attached hydrogens (tertiary/aromatic N) is 2. The Morgan fingerprint density at radius 3 is 2.35 bits per heavy atom. The smallest absolute Gasteiger partial charge is 0.246 e. The first-order chi connectivity index (χ1) is 17.9. The molecule has 1 N–H and O–H groups in total. The van der Waals surface area contributed by atoms with Crippen LogP contribution in [0.3, 0.4) is 0 Å². The topological polar surface area (TPSA) is 56.4 Å². The third-order valence-electron chi connectivity index (χ3n) is 6.58. The van der Waals surface area contributed by atoms with Crippen molar-refractivity contribution in [2.45, 2.75) is 6.42 Å². The largest absolute Gasteiger partial charge is 0.354 e. The van der Waals surface area contributed by atoms with Gasteiger partial charge in [-0.25, -0.2) is 4.39 Å². The molecule has 1 aromatic heterocycles. The standard InChI is InChI=1S/C29H24Br2FN3O2/c30-21-8-11-26-23(17-21)24(29(33-26)20-5-9-22(32)10-6-20)18-28(37)35-15-13-34(14-16-35)27(36)12-7-19-3-1-2-4-25(19)31/h1-12,17,33H,13-16,18H2/b12-7+. The first-order valence-electron chi connectivity index (χ1n) is 11.9. The number of aromatic amines is 1. The van der Waals surface area contributed by atoms with Gasteiger partial charge in [0.25, 0.3) is 0 Å². The number of carbonyl (C=O) groups is 2. The number of benzene rings is 3. The highest BCUT2D eigenvalue weighted by atomic mass is 79.9. The number of rotatable bonds is 5. The third kappa shape index (κ3) is 5.70. The maximum Gasteiger partial charge on any atom is 0.246 e. The van der Waals surface area contributed by atoms with E-state index < -0.39 is 0 Å². The van der Waals surface area contributed by atoms with E-state index in [2.05, 4.69) is 36.8 Å². The van der Waals surface area contributed by atoms with E-state index in [1.54, 1.807) is 29.2 Å². The highest BCUT2D eigenvalue weighted by Crippen LogP contribution is 2.33. The van der Waals surface area contributed by atoms with Crippen LogP contribution in [-0.2, 0) is 16.0 Å². The van der Waals surface area contributed by atoms with E-state index in [1.807, 2.05) is 47.4 Å². The van der Waals surface area contributed by atoms with Gasteiger partial charge < -0.3 is 14.8 Å². The normalized spacial score (nSPS) is 14.0. The number of fused-ring (bicyclic) bond motifs is 1. The maximum atomic E-state index is 13.5. The number of halogens is 3. The van der Waals surface area contributed by atoms with Crippen LogP contribution in [-0.4, -0.2) is 52.8 Å². The number of carbonyl (C=O) groups excluding carboxylic acids is 2. The Morgan fingerprint density at radius 1 is 0.919 bits per heavy atom. The van der Waals surface area contributed by atoms with Crippen molar-refractivity contribution < 1.29 is 14.0 Å². The Morgan fingerprint density at radius 2 is 1.62 bits per heavy atom. The molecule has 188 valence electrons. The molecule has 0 unspecified atom stereocenters. The van der Waals surface area contributed by atoms with Crippen molar-refractivity contribution in [1.29, 1.82) is 0 Å². The van der Waals surface area contributed by atoms with Gasteiger partial charge in [0.05, 0.1) is 12.1 Å². The molecule has 0 saturated carbocycles. The number of amides is 2. The molecule has 2 heterocycles. The lowest BCUT2D eigenvalue weighted by molar-refractivity contribution is -0.136. The lowest BCUT2D eigenvalue weighted by Crippen LogP contribution is -2.50. The predicted molar refractivity (Wildman–Crippen MR) is 151 cm³/mol. The second-order valence-corrected chi connectivity index (χ2v) is 10.7. The van der Waals surface area contributed by atoms with Crippen LogP contribution in [0.15, 0.2) is 81.8 Å². The monoisotopic (exact) mass is 623 g/mol. The average Bonchev–Trinajstić information content (AvgIpc) is 3.25. The van der Waals surface area contributed by atoms with Crippen LogP contribution in [0.2, 0.25) is 0 Å². The van der Waals surface area contributed by atoms with Crippen LogP contribution in [0, 0.1) is 5.82 Å². The van der Waals surface area contributed by atoms with Crippen molar-refractivity contribution in [3.05, 3.63) is 98.7 Å². The van der Waals surface area contributed by atoms with Gasteiger partial charge in [0, 0.05) is 52.1 Å². The molecule has 37 heavy (non-hydrogen) atoms. The number of hydrogen-bond donors (Lipinski definition) is 1. The second kappa shape index (κ2) is 11.0. The molecule has 0 bridgehead atoms. The molecular formula is C29H24Br2FN3O2. The van der Waals surface area contributed by atoms with Gasteiger partial charge in [-0.05, 0) is 71.3 Å². The van der Waals surface area contributed by atoms with Crippen LogP contribution < -0.4 is 0 Å². The number of aromatic nitrogens is 1. The Hall–Kier alpha value is -3.23. The summed E-state index contributed by atoms with van der Waals surface area (Å²) >= 11 is 7.02. The van der Waals surface area contributed by atoms with Gasteiger partial charge in [0.15, 0.2) is 0 Å². The predicted octanol–water partition coefficient (Wildman–Crippen LogP) is 6.43. The van der Waals surface area contributed by atoms with Crippen LogP contribution in [0.4, 0.5) is 4.39 Å². The summed E-state index contributed by atoms with van der Waals surface area (Å²) in [6, 6.07) is 19.9. The second-order valence-electron chi connectivity index (χ2n) is 8.91. The first-order valence-corrected chi connectivity index (χ1v) is 13.5. The van der Waals surface area contributed by atoms with Gasteiger partial charge >= 0.3 is 0 Å². The summed E-state index contributed by atoms with van der Waals surface area (Å²) in [5.74, 6) is -0.373. The summed E-state index contributed by atoms with van der Waals surface area (Å²) in [5, 5.41) is 0.952. The minimum atomic E-state index is -0.307. The molecule has 0 radical (unpaired) electrons. The van der Waals surface area contributed by atoms with Crippen molar-refractivity contribution in [2.75, 3.05) is 26.2 Å². The molecule has 1 aliphatic heterocycles. The van der Waals surface area contributed by atoms with Gasteiger partial charge in [-0.1, -0.05) is 50.1 Å². The summed E-state index contributed by atoms with van der Waals surface area (Å²) in [7, 11) is 0. The van der Waals surface area contributed by atoms with Crippen molar-refractivity contribution >= 4 is 60.7 Å². The minimum absolute atomic E-state index is 0.0000874. The van der Waals surface area contributed by atoms with Crippen LogP contribution in [0.25, 0.3) is 28.2 Å². The fraction of sp³-hybridized carbons (Fsp3) is 0.172. The summed E-state index contributed by atoms with van der Waals surface area (Å²) in [6.45, 7) is 1.92. The van der Waals surface area contributed by atoms with E-state index in [-0.39, 0.29) is 24.1 Å². The van der Waals surface area contributed by atoms with Gasteiger partial charge in [-0.3, -0.25) is 9.59 Å². The van der Waals surface area contributed by atoms with E-state index in [0.29, 0.717) is 26.2 Å². The number of hydrogen-bond acceptors (Lipinski definition) is 2. The van der Waals surface area contributed by atoms with E-state index in [4.69, 9.17) is 0 Å². The molecule has 0 atom stereocenters. The van der Waals surface area contributed by atoms with E-state index >= 15 is 0 Å². The molecule has 5 nitrogen and oxygen atoms in total. The highest BCUT2D eigenvalue weighted by Gasteiger charge is 2.25. The molecule has 0 spiro atoms. The fourth-order valence-corrected chi connectivity index (χ4v) is 5.36. The molecule has 2 amide bonds. The van der Waals surface area contributed by atoms with E-state index in [9.17, 15) is 14.0 Å². The van der Waals surface area contributed by atoms with Gasteiger partial charge in [-0.15, -0.1) is 0 Å². The van der Waals surface area contributed by atoms with Crippen molar-refractivity contribution in [1.82, 2.24) is 14.8 Å². The summed E-state index contributed by atoms with van der Waals surface area (Å²) in [4.78, 5) is 33.1. The lowest BCUT2D eigenvalue weighted by Gasteiger charge is -2.34. The molecule has 8 heteroatoms. The molecule has 1 saturated heterocycles. The minimum Gasteiger partial charge on any atom is -0.354 e. The molecule has 4 aromatic rings. The van der Waals surface area contributed by atoms with E-state index in [1.165, 1.54) is 12.1 Å². The Balaban J connectivity index is 1.29. The molecule has 1 aliphatic rings. The third-order valence-corrected chi connectivity index (χ3v) is 7.80. The summed E-state index contributed by atoms with van der Waals surface area (Å²) in [5.41, 5.74) is 4.36. The zero-order valence-corrected chi connectivity index (χ0v) is 23.1. The maximum absolute atomic E-state index is 13.5. The molecule has 3 aromatic carbocycles. The zero-order chi connectivity index (χ0) is 25.9. The van der Waals surface area contributed by atoms with Crippen LogP contribution >= 0.6 is 31.9 Å². The fourth-order valence-electron chi connectivity index (χ4n) is 4.58. The first kappa shape index (κ1) is 25.4. The SMILES string of the molecule is O=C(/C=C/c1ccccc1Br)N1CCN(C(=O)Cc2c(-c3ccc(F)cc3)[nH]c3ccc(Br)cc23)CC1. The number of H-pyrrole nitrogens is 1.